The number of likely N-dealkylation sites (tertiary alicyclic amines) is 1. The Morgan fingerprint density at radius 2 is 1.93 bits per heavy atom. The SMILES string of the molecule is COc1ccc(C(=O)N2CC3COCCN3C3(CN(CC(C)(C)C)C3)C2)cc1. The molecule has 3 saturated heterocycles. The molecule has 1 aromatic carbocycles. The van der Waals surface area contributed by atoms with E-state index < -0.39 is 0 Å². The number of benzene rings is 1. The standard InChI is InChI=1S/C22H33N3O3/c1-21(2,3)13-23-14-22(15-23)16-24(11-18-12-28-10-9-25(18)22)20(26)17-5-7-19(27-4)8-6-17/h5-8,18H,9-16H2,1-4H3. The Bertz CT molecular complexity index is 707. The van der Waals surface area contributed by atoms with Crippen LogP contribution in [-0.2, 0) is 4.74 Å². The molecule has 0 aliphatic carbocycles. The van der Waals surface area contributed by atoms with Gasteiger partial charge in [0.15, 0.2) is 0 Å². The van der Waals surface area contributed by atoms with Crippen LogP contribution in [0.1, 0.15) is 31.1 Å². The smallest absolute Gasteiger partial charge is 0.253 e. The number of carbonyl (C=O) groups is 1. The van der Waals surface area contributed by atoms with Gasteiger partial charge in [-0.3, -0.25) is 14.6 Å². The molecule has 154 valence electrons. The molecule has 0 N–H and O–H groups in total. The van der Waals surface area contributed by atoms with Gasteiger partial charge in [0, 0.05) is 44.8 Å². The zero-order valence-corrected chi connectivity index (χ0v) is 17.6. The van der Waals surface area contributed by atoms with E-state index in [0.717, 1.165) is 57.2 Å². The zero-order valence-electron chi connectivity index (χ0n) is 17.6. The lowest BCUT2D eigenvalue weighted by atomic mass is 9.80. The molecule has 1 amide bonds. The molecule has 4 rings (SSSR count). The molecule has 3 aliphatic rings. The van der Waals surface area contributed by atoms with Crippen LogP contribution in [0.5, 0.6) is 5.75 Å². The van der Waals surface area contributed by atoms with Crippen molar-refractivity contribution in [2.45, 2.75) is 32.4 Å². The van der Waals surface area contributed by atoms with Crippen LogP contribution in [0, 0.1) is 5.41 Å². The van der Waals surface area contributed by atoms with Gasteiger partial charge in [0.25, 0.3) is 5.91 Å². The summed E-state index contributed by atoms with van der Waals surface area (Å²) in [5.41, 5.74) is 1.09. The predicted molar refractivity (Wildman–Crippen MR) is 109 cm³/mol. The molecule has 1 aromatic rings. The van der Waals surface area contributed by atoms with Crippen molar-refractivity contribution < 1.29 is 14.3 Å². The van der Waals surface area contributed by atoms with Crippen molar-refractivity contribution in [1.29, 1.82) is 0 Å². The van der Waals surface area contributed by atoms with Gasteiger partial charge < -0.3 is 14.4 Å². The number of nitrogens with zero attached hydrogens (tertiary/aromatic N) is 3. The molecule has 0 saturated carbocycles. The minimum atomic E-state index is 0.0695. The number of amides is 1. The second-order valence-electron chi connectivity index (χ2n) is 9.77. The Hall–Kier alpha value is -1.63. The Kier molecular flexibility index (Phi) is 5.14. The third-order valence-corrected chi connectivity index (χ3v) is 6.11. The lowest BCUT2D eigenvalue weighted by molar-refractivity contribution is -0.162. The van der Waals surface area contributed by atoms with E-state index in [1.807, 2.05) is 29.2 Å². The summed E-state index contributed by atoms with van der Waals surface area (Å²) in [4.78, 5) is 20.4. The molecule has 3 fully saturated rings. The first-order valence-electron chi connectivity index (χ1n) is 10.3. The number of rotatable bonds is 3. The van der Waals surface area contributed by atoms with Crippen LogP contribution in [0.4, 0.5) is 0 Å². The van der Waals surface area contributed by atoms with Crippen molar-refractivity contribution in [3.63, 3.8) is 0 Å². The highest BCUT2D eigenvalue weighted by molar-refractivity contribution is 5.94. The third kappa shape index (κ3) is 3.78. The number of morpholine rings is 1. The van der Waals surface area contributed by atoms with Gasteiger partial charge in [0.1, 0.15) is 5.75 Å². The predicted octanol–water partition coefficient (Wildman–Crippen LogP) is 1.95. The second-order valence-corrected chi connectivity index (χ2v) is 9.77. The van der Waals surface area contributed by atoms with Crippen LogP contribution in [0.15, 0.2) is 24.3 Å². The highest BCUT2D eigenvalue weighted by Gasteiger charge is 2.55. The monoisotopic (exact) mass is 387 g/mol. The minimum Gasteiger partial charge on any atom is -0.497 e. The van der Waals surface area contributed by atoms with Crippen LogP contribution < -0.4 is 4.74 Å². The van der Waals surface area contributed by atoms with Gasteiger partial charge in [-0.15, -0.1) is 0 Å². The number of carbonyl (C=O) groups excluding carboxylic acids is 1. The van der Waals surface area contributed by atoms with Crippen molar-refractivity contribution in [2.75, 3.05) is 59.6 Å². The first kappa shape index (κ1) is 19.7. The van der Waals surface area contributed by atoms with Crippen LogP contribution in [0.3, 0.4) is 0 Å². The summed E-state index contributed by atoms with van der Waals surface area (Å²) < 4.78 is 11.0. The highest BCUT2D eigenvalue weighted by Crippen LogP contribution is 2.37. The quantitative estimate of drug-likeness (QED) is 0.793. The van der Waals surface area contributed by atoms with Crippen molar-refractivity contribution in [3.05, 3.63) is 29.8 Å². The molecule has 0 aromatic heterocycles. The molecule has 1 unspecified atom stereocenters. The summed E-state index contributed by atoms with van der Waals surface area (Å²) in [6, 6.07) is 7.74. The van der Waals surface area contributed by atoms with Gasteiger partial charge in [-0.2, -0.15) is 0 Å². The molecular weight excluding hydrogens is 354 g/mol. The lowest BCUT2D eigenvalue weighted by Crippen LogP contribution is -2.81. The second kappa shape index (κ2) is 7.32. The fourth-order valence-corrected chi connectivity index (χ4v) is 5.12. The highest BCUT2D eigenvalue weighted by atomic mass is 16.5. The van der Waals surface area contributed by atoms with Gasteiger partial charge in [0.05, 0.1) is 31.9 Å². The first-order chi connectivity index (χ1) is 13.3. The maximum atomic E-state index is 13.2. The Morgan fingerprint density at radius 3 is 2.57 bits per heavy atom. The molecule has 0 radical (unpaired) electrons. The van der Waals surface area contributed by atoms with Crippen molar-refractivity contribution in [3.8, 4) is 5.75 Å². The number of methoxy groups -OCH3 is 1. The molecule has 0 bridgehead atoms. The van der Waals surface area contributed by atoms with Crippen LogP contribution in [0.2, 0.25) is 0 Å². The lowest BCUT2D eigenvalue weighted by Gasteiger charge is -2.64. The van der Waals surface area contributed by atoms with Gasteiger partial charge in [0.2, 0.25) is 0 Å². The number of fused-ring (bicyclic) bond motifs is 2. The summed E-state index contributed by atoms with van der Waals surface area (Å²) >= 11 is 0. The molecule has 1 atom stereocenters. The number of hydrogen-bond acceptors (Lipinski definition) is 5. The van der Waals surface area contributed by atoms with E-state index in [2.05, 4.69) is 30.6 Å². The van der Waals surface area contributed by atoms with E-state index in [4.69, 9.17) is 9.47 Å². The Balaban J connectivity index is 1.51. The summed E-state index contributed by atoms with van der Waals surface area (Å²) in [6.45, 7) is 14.1. The maximum Gasteiger partial charge on any atom is 0.253 e. The van der Waals surface area contributed by atoms with Gasteiger partial charge in [-0.1, -0.05) is 20.8 Å². The van der Waals surface area contributed by atoms with Crippen molar-refractivity contribution in [1.82, 2.24) is 14.7 Å². The largest absolute Gasteiger partial charge is 0.497 e. The zero-order chi connectivity index (χ0) is 19.9. The molecule has 1 spiro atoms. The van der Waals surface area contributed by atoms with Crippen LogP contribution >= 0.6 is 0 Å². The molecular formula is C22H33N3O3. The fourth-order valence-electron chi connectivity index (χ4n) is 5.12. The van der Waals surface area contributed by atoms with E-state index in [-0.39, 0.29) is 11.4 Å². The number of hydrogen-bond donors (Lipinski definition) is 0. The third-order valence-electron chi connectivity index (χ3n) is 6.11. The molecule has 28 heavy (non-hydrogen) atoms. The topological polar surface area (TPSA) is 45.2 Å². The summed E-state index contributed by atoms with van der Waals surface area (Å²) in [5.74, 6) is 0.886. The van der Waals surface area contributed by atoms with E-state index in [1.165, 1.54) is 0 Å². The van der Waals surface area contributed by atoms with E-state index in [9.17, 15) is 4.79 Å². The fraction of sp³-hybridized carbons (Fsp3) is 0.682. The van der Waals surface area contributed by atoms with Crippen molar-refractivity contribution in [2.24, 2.45) is 5.41 Å². The Labute approximate surface area is 168 Å². The minimum absolute atomic E-state index is 0.0695. The van der Waals surface area contributed by atoms with Gasteiger partial charge in [-0.25, -0.2) is 0 Å². The van der Waals surface area contributed by atoms with Crippen molar-refractivity contribution >= 4 is 5.91 Å². The number of piperazine rings is 1. The molecule has 6 nitrogen and oxygen atoms in total. The number of ether oxygens (including phenoxy) is 2. The summed E-state index contributed by atoms with van der Waals surface area (Å²) in [6.07, 6.45) is 0. The average molecular weight is 388 g/mol. The van der Waals surface area contributed by atoms with Crippen LogP contribution in [0.25, 0.3) is 0 Å². The maximum absolute atomic E-state index is 13.2. The molecule has 3 aliphatic heterocycles. The van der Waals surface area contributed by atoms with E-state index in [0.29, 0.717) is 18.1 Å². The van der Waals surface area contributed by atoms with E-state index >= 15 is 0 Å². The van der Waals surface area contributed by atoms with Crippen LogP contribution in [-0.4, -0.2) is 91.8 Å². The molecule has 3 heterocycles. The van der Waals surface area contributed by atoms with Gasteiger partial charge >= 0.3 is 0 Å². The Morgan fingerprint density at radius 1 is 1.21 bits per heavy atom. The van der Waals surface area contributed by atoms with E-state index in [1.54, 1.807) is 7.11 Å². The normalized spacial score (nSPS) is 25.3. The average Bonchev–Trinajstić information content (AvgIpc) is 2.65. The summed E-state index contributed by atoms with van der Waals surface area (Å²) in [5, 5.41) is 0. The summed E-state index contributed by atoms with van der Waals surface area (Å²) in [7, 11) is 1.64. The van der Waals surface area contributed by atoms with Gasteiger partial charge in [-0.05, 0) is 29.7 Å². The molecule has 6 heteroatoms. The first-order valence-corrected chi connectivity index (χ1v) is 10.3.